The monoisotopic (exact) mass is 440 g/mol. The van der Waals surface area contributed by atoms with E-state index in [9.17, 15) is 14.3 Å². The quantitative estimate of drug-likeness (QED) is 0.478. The average Bonchev–Trinajstić information content (AvgIpc) is 3.16. The summed E-state index contributed by atoms with van der Waals surface area (Å²) in [5, 5.41) is 12.9. The molecule has 0 saturated carbocycles. The van der Waals surface area contributed by atoms with E-state index in [0.717, 1.165) is 0 Å². The minimum Gasteiger partial charge on any atom is -0.394 e. The topological polar surface area (TPSA) is 97.9 Å². The highest BCUT2D eigenvalue weighted by Gasteiger charge is 2.16. The number of hydrogen-bond donors (Lipinski definition) is 2. The molecule has 0 aliphatic carbocycles. The second-order valence-electron chi connectivity index (χ2n) is 6.81. The lowest BCUT2D eigenvalue weighted by Crippen LogP contribution is -2.27. The smallest absolute Gasteiger partial charge is 0.251 e. The standard InChI is InChI=1S/C21H18ClFN6O2/c1-28-12-24-10-19(28)27-21-25-6-4-17(26-21)13-5-7-29(20(31)9-13)18(11-30)14-2-3-15(22)16(23)8-14/h2-10,12,18,30H,11H2,1H3,(H,25,26,27). The van der Waals surface area contributed by atoms with E-state index in [1.54, 1.807) is 47.7 Å². The van der Waals surface area contributed by atoms with Crippen molar-refractivity contribution in [2.75, 3.05) is 11.9 Å². The van der Waals surface area contributed by atoms with Crippen LogP contribution in [0.1, 0.15) is 11.6 Å². The first-order valence-corrected chi connectivity index (χ1v) is 9.69. The number of aromatic nitrogens is 5. The van der Waals surface area contributed by atoms with Gasteiger partial charge < -0.3 is 19.6 Å². The van der Waals surface area contributed by atoms with Gasteiger partial charge in [0, 0.05) is 31.1 Å². The molecule has 8 nitrogen and oxygen atoms in total. The molecule has 0 radical (unpaired) electrons. The second kappa shape index (κ2) is 8.66. The van der Waals surface area contributed by atoms with Crippen molar-refractivity contribution < 1.29 is 9.50 Å². The predicted octanol–water partition coefficient (Wildman–Crippen LogP) is 3.16. The molecule has 0 amide bonds. The molecule has 158 valence electrons. The summed E-state index contributed by atoms with van der Waals surface area (Å²) in [4.78, 5) is 25.5. The number of pyridine rings is 1. The van der Waals surface area contributed by atoms with Gasteiger partial charge in [-0.15, -0.1) is 0 Å². The lowest BCUT2D eigenvalue weighted by molar-refractivity contribution is 0.247. The average molecular weight is 441 g/mol. The van der Waals surface area contributed by atoms with Gasteiger partial charge in [-0.3, -0.25) is 4.79 Å². The number of imidazole rings is 1. The minimum atomic E-state index is -0.749. The molecule has 10 heteroatoms. The van der Waals surface area contributed by atoms with Crippen LogP contribution in [0, 0.1) is 5.82 Å². The van der Waals surface area contributed by atoms with Crippen LogP contribution >= 0.6 is 11.6 Å². The highest BCUT2D eigenvalue weighted by atomic mass is 35.5. The maximum absolute atomic E-state index is 13.8. The van der Waals surface area contributed by atoms with Gasteiger partial charge in [-0.2, -0.15) is 0 Å². The van der Waals surface area contributed by atoms with E-state index in [1.165, 1.54) is 22.8 Å². The van der Waals surface area contributed by atoms with Crippen molar-refractivity contribution in [3.8, 4) is 11.3 Å². The molecular formula is C21H18ClFN6O2. The van der Waals surface area contributed by atoms with Crippen LogP contribution < -0.4 is 10.9 Å². The van der Waals surface area contributed by atoms with Gasteiger partial charge in [-0.1, -0.05) is 17.7 Å². The SMILES string of the molecule is Cn1cncc1Nc1nccc(-c2ccn(C(CO)c3ccc(Cl)c(F)c3)c(=O)c2)n1. The fraction of sp³-hybridized carbons (Fsp3) is 0.143. The van der Waals surface area contributed by atoms with Crippen LogP contribution in [0.5, 0.6) is 0 Å². The molecule has 4 rings (SSSR count). The first-order chi connectivity index (χ1) is 15.0. The molecule has 0 fully saturated rings. The Balaban J connectivity index is 1.64. The highest BCUT2D eigenvalue weighted by molar-refractivity contribution is 6.30. The summed E-state index contributed by atoms with van der Waals surface area (Å²) < 4.78 is 17.0. The third-order valence-electron chi connectivity index (χ3n) is 4.79. The third-order valence-corrected chi connectivity index (χ3v) is 5.10. The van der Waals surface area contributed by atoms with Crippen LogP contribution in [-0.4, -0.2) is 35.8 Å². The minimum absolute atomic E-state index is 0.0255. The molecule has 3 heterocycles. The maximum Gasteiger partial charge on any atom is 0.251 e. The summed E-state index contributed by atoms with van der Waals surface area (Å²) in [6, 6.07) is 8.23. The van der Waals surface area contributed by atoms with Crippen molar-refractivity contribution in [2.24, 2.45) is 7.05 Å². The molecular weight excluding hydrogens is 423 g/mol. The molecule has 0 bridgehead atoms. The molecule has 2 N–H and O–H groups in total. The summed E-state index contributed by atoms with van der Waals surface area (Å²) in [6.45, 7) is -0.382. The van der Waals surface area contributed by atoms with E-state index < -0.39 is 11.9 Å². The summed E-state index contributed by atoms with van der Waals surface area (Å²) in [5.41, 5.74) is 1.19. The Hall–Kier alpha value is -3.56. The zero-order chi connectivity index (χ0) is 22.0. The Morgan fingerprint density at radius 2 is 2.10 bits per heavy atom. The molecule has 3 aromatic heterocycles. The molecule has 31 heavy (non-hydrogen) atoms. The number of benzene rings is 1. The third kappa shape index (κ3) is 4.32. The van der Waals surface area contributed by atoms with Crippen molar-refractivity contribution in [3.05, 3.63) is 88.1 Å². The van der Waals surface area contributed by atoms with Gasteiger partial charge in [0.15, 0.2) is 0 Å². The Morgan fingerprint density at radius 3 is 2.77 bits per heavy atom. The van der Waals surface area contributed by atoms with Gasteiger partial charge in [0.2, 0.25) is 5.95 Å². The normalized spacial score (nSPS) is 12.0. The van der Waals surface area contributed by atoms with E-state index in [0.29, 0.717) is 28.6 Å². The molecule has 4 aromatic rings. The number of nitrogens with zero attached hydrogens (tertiary/aromatic N) is 5. The van der Waals surface area contributed by atoms with Crippen LogP contribution in [0.2, 0.25) is 5.02 Å². The number of aliphatic hydroxyl groups excluding tert-OH is 1. The number of aliphatic hydroxyl groups is 1. The number of anilines is 2. The van der Waals surface area contributed by atoms with Gasteiger partial charge in [0.05, 0.1) is 35.9 Å². The lowest BCUT2D eigenvalue weighted by atomic mass is 10.1. The fourth-order valence-corrected chi connectivity index (χ4v) is 3.27. The van der Waals surface area contributed by atoms with Crippen molar-refractivity contribution in [1.82, 2.24) is 24.1 Å². The summed E-state index contributed by atoms with van der Waals surface area (Å²) in [6.07, 6.45) is 6.42. The van der Waals surface area contributed by atoms with E-state index in [-0.39, 0.29) is 17.2 Å². The molecule has 1 aromatic carbocycles. The summed E-state index contributed by atoms with van der Waals surface area (Å²) in [7, 11) is 1.84. The zero-order valence-electron chi connectivity index (χ0n) is 16.4. The zero-order valence-corrected chi connectivity index (χ0v) is 17.2. The van der Waals surface area contributed by atoms with E-state index in [1.807, 2.05) is 7.05 Å². The molecule has 0 aliphatic heterocycles. The number of nitrogens with one attached hydrogen (secondary N) is 1. The molecule has 1 atom stereocenters. The number of aryl methyl sites for hydroxylation is 1. The summed E-state index contributed by atoms with van der Waals surface area (Å²) >= 11 is 5.73. The number of rotatable bonds is 6. The maximum atomic E-state index is 13.8. The number of hydrogen-bond acceptors (Lipinski definition) is 6. The highest BCUT2D eigenvalue weighted by Crippen LogP contribution is 2.23. The van der Waals surface area contributed by atoms with Gasteiger partial charge in [-0.05, 0) is 29.8 Å². The van der Waals surface area contributed by atoms with Crippen molar-refractivity contribution in [1.29, 1.82) is 0 Å². The molecule has 0 aliphatic rings. The van der Waals surface area contributed by atoms with Crippen molar-refractivity contribution >= 4 is 23.4 Å². The van der Waals surface area contributed by atoms with E-state index in [4.69, 9.17) is 11.6 Å². The molecule has 0 spiro atoms. The van der Waals surface area contributed by atoms with Crippen molar-refractivity contribution in [3.63, 3.8) is 0 Å². The largest absolute Gasteiger partial charge is 0.394 e. The first-order valence-electron chi connectivity index (χ1n) is 9.31. The Kier molecular flexibility index (Phi) is 5.79. The van der Waals surface area contributed by atoms with Gasteiger partial charge >= 0.3 is 0 Å². The van der Waals surface area contributed by atoms with Crippen LogP contribution in [0.4, 0.5) is 16.2 Å². The van der Waals surface area contributed by atoms with Crippen LogP contribution in [0.3, 0.4) is 0 Å². The van der Waals surface area contributed by atoms with Gasteiger partial charge in [0.25, 0.3) is 5.56 Å². The first kappa shape index (κ1) is 20.7. The Labute approximate surface area is 181 Å². The van der Waals surface area contributed by atoms with Crippen LogP contribution in [-0.2, 0) is 7.05 Å². The number of halogens is 2. The van der Waals surface area contributed by atoms with Gasteiger partial charge in [0.1, 0.15) is 11.6 Å². The van der Waals surface area contributed by atoms with E-state index in [2.05, 4.69) is 20.3 Å². The fourth-order valence-electron chi connectivity index (χ4n) is 3.15. The van der Waals surface area contributed by atoms with Crippen molar-refractivity contribution in [2.45, 2.75) is 6.04 Å². The second-order valence-corrected chi connectivity index (χ2v) is 7.22. The lowest BCUT2D eigenvalue weighted by Gasteiger charge is -2.18. The van der Waals surface area contributed by atoms with Crippen LogP contribution in [0.25, 0.3) is 11.3 Å². The Bertz CT molecular complexity index is 1290. The predicted molar refractivity (Wildman–Crippen MR) is 115 cm³/mol. The Morgan fingerprint density at radius 1 is 1.26 bits per heavy atom. The van der Waals surface area contributed by atoms with Gasteiger partial charge in [-0.25, -0.2) is 19.3 Å². The van der Waals surface area contributed by atoms with Crippen LogP contribution in [0.15, 0.2) is 66.1 Å². The summed E-state index contributed by atoms with van der Waals surface area (Å²) in [5.74, 6) is 0.459. The molecule has 1 unspecified atom stereocenters. The molecule has 0 saturated heterocycles. The van der Waals surface area contributed by atoms with E-state index >= 15 is 0 Å².